The van der Waals surface area contributed by atoms with E-state index in [-0.39, 0.29) is 5.91 Å². The van der Waals surface area contributed by atoms with Crippen molar-refractivity contribution in [3.63, 3.8) is 0 Å². The average molecular weight is 347 g/mol. The maximum Gasteiger partial charge on any atom is 0.253 e. The first kappa shape index (κ1) is 14.3. The van der Waals surface area contributed by atoms with Crippen molar-refractivity contribution in [2.24, 2.45) is 4.99 Å². The number of nitrogens with zero attached hydrogens (tertiary/aromatic N) is 1. The monoisotopic (exact) mass is 345 g/mol. The van der Waals surface area contributed by atoms with E-state index in [0.29, 0.717) is 29.7 Å². The first-order chi connectivity index (χ1) is 9.11. The highest BCUT2D eigenvalue weighted by Crippen LogP contribution is 2.28. The SMILES string of the molecule is COCCN=C1NC(=O)C(c2cc(Br)ccc2Cl)N1. The van der Waals surface area contributed by atoms with Crippen LogP contribution in [0.4, 0.5) is 0 Å². The van der Waals surface area contributed by atoms with Crippen LogP contribution in [0.5, 0.6) is 0 Å². The molecule has 0 aliphatic carbocycles. The molecule has 0 radical (unpaired) electrons. The van der Waals surface area contributed by atoms with Crippen LogP contribution in [0.15, 0.2) is 27.7 Å². The maximum absolute atomic E-state index is 11.9. The van der Waals surface area contributed by atoms with Crippen molar-refractivity contribution < 1.29 is 9.53 Å². The quantitative estimate of drug-likeness (QED) is 0.818. The van der Waals surface area contributed by atoms with E-state index in [1.807, 2.05) is 12.1 Å². The third-order valence-electron chi connectivity index (χ3n) is 2.62. The molecule has 2 N–H and O–H groups in total. The number of carbonyl (C=O) groups excluding carboxylic acids is 1. The Bertz CT molecular complexity index is 522. The first-order valence-corrected chi connectivity index (χ1v) is 6.84. The Labute approximate surface area is 124 Å². The molecule has 19 heavy (non-hydrogen) atoms. The Morgan fingerprint density at radius 3 is 3.05 bits per heavy atom. The molecule has 1 aromatic rings. The van der Waals surface area contributed by atoms with Gasteiger partial charge in [0.05, 0.1) is 13.2 Å². The molecule has 1 heterocycles. The van der Waals surface area contributed by atoms with Crippen LogP contribution in [-0.4, -0.2) is 32.1 Å². The fraction of sp³-hybridized carbons (Fsp3) is 0.333. The van der Waals surface area contributed by atoms with Gasteiger partial charge in [0.2, 0.25) is 0 Å². The number of benzene rings is 1. The van der Waals surface area contributed by atoms with E-state index in [1.165, 1.54) is 0 Å². The maximum atomic E-state index is 11.9. The van der Waals surface area contributed by atoms with Gasteiger partial charge in [-0.25, -0.2) is 0 Å². The lowest BCUT2D eigenvalue weighted by molar-refractivity contribution is -0.120. The second-order valence-corrected chi connectivity index (χ2v) is 5.28. The summed E-state index contributed by atoms with van der Waals surface area (Å²) in [5.74, 6) is 0.277. The zero-order valence-electron chi connectivity index (χ0n) is 10.2. The molecule has 1 atom stereocenters. The van der Waals surface area contributed by atoms with Crippen molar-refractivity contribution >= 4 is 39.4 Å². The number of ether oxygens (including phenoxy) is 1. The lowest BCUT2D eigenvalue weighted by Gasteiger charge is -2.10. The summed E-state index contributed by atoms with van der Waals surface area (Å²) >= 11 is 9.48. The summed E-state index contributed by atoms with van der Waals surface area (Å²) in [6, 6.07) is 4.87. The van der Waals surface area contributed by atoms with Gasteiger partial charge in [0, 0.05) is 22.2 Å². The number of methoxy groups -OCH3 is 1. The van der Waals surface area contributed by atoms with Crippen molar-refractivity contribution in [3.05, 3.63) is 33.3 Å². The highest BCUT2D eigenvalue weighted by atomic mass is 79.9. The number of hydrogen-bond donors (Lipinski definition) is 2. The van der Waals surface area contributed by atoms with Crippen LogP contribution in [0.25, 0.3) is 0 Å². The van der Waals surface area contributed by atoms with E-state index < -0.39 is 6.04 Å². The summed E-state index contributed by atoms with van der Waals surface area (Å²) in [6.07, 6.45) is 0. The van der Waals surface area contributed by atoms with Gasteiger partial charge in [-0.2, -0.15) is 0 Å². The molecule has 1 amide bonds. The summed E-state index contributed by atoms with van der Waals surface area (Å²) in [4.78, 5) is 16.1. The number of rotatable bonds is 4. The number of guanidine groups is 1. The number of carbonyl (C=O) groups is 1. The average Bonchev–Trinajstić information content (AvgIpc) is 2.74. The summed E-state index contributed by atoms with van der Waals surface area (Å²) < 4.78 is 5.77. The van der Waals surface area contributed by atoms with Crippen LogP contribution < -0.4 is 10.6 Å². The summed E-state index contributed by atoms with van der Waals surface area (Å²) in [5, 5.41) is 6.23. The van der Waals surface area contributed by atoms with Gasteiger partial charge in [0.15, 0.2) is 5.96 Å². The predicted molar refractivity (Wildman–Crippen MR) is 77.3 cm³/mol. The van der Waals surface area contributed by atoms with E-state index in [1.54, 1.807) is 13.2 Å². The fourth-order valence-corrected chi connectivity index (χ4v) is 2.32. The van der Waals surface area contributed by atoms with Crippen molar-refractivity contribution in [3.8, 4) is 0 Å². The van der Waals surface area contributed by atoms with Gasteiger partial charge in [0.25, 0.3) is 5.91 Å². The molecule has 5 nitrogen and oxygen atoms in total. The molecule has 1 aliphatic rings. The molecular weight excluding hydrogens is 334 g/mol. The zero-order chi connectivity index (χ0) is 13.8. The number of aliphatic imine (C=N–C) groups is 1. The van der Waals surface area contributed by atoms with Gasteiger partial charge >= 0.3 is 0 Å². The molecule has 1 fully saturated rings. The number of amides is 1. The number of nitrogens with one attached hydrogen (secondary N) is 2. The van der Waals surface area contributed by atoms with Gasteiger partial charge in [0.1, 0.15) is 6.04 Å². The molecule has 7 heteroatoms. The fourth-order valence-electron chi connectivity index (χ4n) is 1.72. The lowest BCUT2D eigenvalue weighted by Crippen LogP contribution is -2.26. The van der Waals surface area contributed by atoms with Gasteiger partial charge in [-0.15, -0.1) is 0 Å². The number of hydrogen-bond acceptors (Lipinski definition) is 3. The van der Waals surface area contributed by atoms with Crippen molar-refractivity contribution in [1.82, 2.24) is 10.6 Å². The van der Waals surface area contributed by atoms with E-state index in [2.05, 4.69) is 31.6 Å². The van der Waals surface area contributed by atoms with Crippen molar-refractivity contribution in [2.45, 2.75) is 6.04 Å². The molecule has 2 rings (SSSR count). The first-order valence-electron chi connectivity index (χ1n) is 5.67. The predicted octanol–water partition coefficient (Wildman–Crippen LogP) is 1.87. The second kappa shape index (κ2) is 6.36. The molecule has 1 aliphatic heterocycles. The summed E-state index contributed by atoms with van der Waals surface area (Å²) in [7, 11) is 1.60. The Morgan fingerprint density at radius 1 is 1.53 bits per heavy atom. The van der Waals surface area contributed by atoms with Crippen molar-refractivity contribution in [2.75, 3.05) is 20.3 Å². The molecule has 0 saturated carbocycles. The Balaban J connectivity index is 2.16. The molecular formula is C12H13BrClN3O2. The zero-order valence-corrected chi connectivity index (χ0v) is 12.6. The molecule has 1 aromatic carbocycles. The molecule has 0 bridgehead atoms. The molecule has 102 valence electrons. The summed E-state index contributed by atoms with van der Waals surface area (Å²) in [6.45, 7) is 0.988. The van der Waals surface area contributed by atoms with E-state index in [9.17, 15) is 4.79 Å². The summed E-state index contributed by atoms with van der Waals surface area (Å²) in [5.41, 5.74) is 0.713. The lowest BCUT2D eigenvalue weighted by atomic mass is 10.1. The topological polar surface area (TPSA) is 62.7 Å². The second-order valence-electron chi connectivity index (χ2n) is 3.96. The highest BCUT2D eigenvalue weighted by molar-refractivity contribution is 9.10. The third-order valence-corrected chi connectivity index (χ3v) is 3.46. The Kier molecular flexibility index (Phi) is 4.79. The minimum absolute atomic E-state index is 0.170. The Morgan fingerprint density at radius 2 is 2.32 bits per heavy atom. The minimum atomic E-state index is -0.522. The van der Waals surface area contributed by atoms with Gasteiger partial charge in [-0.1, -0.05) is 27.5 Å². The molecule has 1 unspecified atom stereocenters. The van der Waals surface area contributed by atoms with Crippen LogP contribution in [0.1, 0.15) is 11.6 Å². The Hall–Kier alpha value is -1.11. The molecule has 1 saturated heterocycles. The van der Waals surface area contributed by atoms with Crippen LogP contribution in [0, 0.1) is 0 Å². The van der Waals surface area contributed by atoms with Crippen molar-refractivity contribution in [1.29, 1.82) is 0 Å². The van der Waals surface area contributed by atoms with E-state index in [0.717, 1.165) is 4.47 Å². The van der Waals surface area contributed by atoms with Crippen LogP contribution in [0.3, 0.4) is 0 Å². The van der Waals surface area contributed by atoms with E-state index in [4.69, 9.17) is 16.3 Å². The molecule has 0 spiro atoms. The van der Waals surface area contributed by atoms with Gasteiger partial charge < -0.3 is 10.1 Å². The number of halogens is 2. The third kappa shape index (κ3) is 3.46. The van der Waals surface area contributed by atoms with Crippen LogP contribution in [-0.2, 0) is 9.53 Å². The minimum Gasteiger partial charge on any atom is -0.383 e. The highest BCUT2D eigenvalue weighted by Gasteiger charge is 2.31. The van der Waals surface area contributed by atoms with Crippen LogP contribution in [0.2, 0.25) is 5.02 Å². The largest absolute Gasteiger partial charge is 0.383 e. The smallest absolute Gasteiger partial charge is 0.253 e. The van der Waals surface area contributed by atoms with E-state index >= 15 is 0 Å². The molecule has 0 aromatic heterocycles. The van der Waals surface area contributed by atoms with Gasteiger partial charge in [-0.05, 0) is 18.2 Å². The normalized spacial score (nSPS) is 20.5. The standard InChI is InChI=1S/C12H13BrClN3O2/c1-19-5-4-15-12-16-10(11(18)17-12)8-6-7(13)2-3-9(8)14/h2-3,6,10H,4-5H2,1H3,(H2,15,16,17,18). The van der Waals surface area contributed by atoms with Gasteiger partial charge in [-0.3, -0.25) is 15.1 Å². The van der Waals surface area contributed by atoms with Crippen LogP contribution >= 0.6 is 27.5 Å².